The Bertz CT molecular complexity index is 1520. The van der Waals surface area contributed by atoms with Gasteiger partial charge in [0.25, 0.3) is 11.5 Å². The van der Waals surface area contributed by atoms with Gasteiger partial charge in [-0.15, -0.1) is 0 Å². The van der Waals surface area contributed by atoms with E-state index in [1.54, 1.807) is 25.2 Å². The third-order valence-corrected chi connectivity index (χ3v) is 6.46. The maximum Gasteiger partial charge on any atom is 0.265 e. The minimum Gasteiger partial charge on any atom is -0.440 e. The van der Waals surface area contributed by atoms with Crippen LogP contribution in [-0.4, -0.2) is 28.5 Å². The van der Waals surface area contributed by atoms with E-state index in [2.05, 4.69) is 6.07 Å². The van der Waals surface area contributed by atoms with Crippen LogP contribution >= 0.6 is 0 Å². The standard InChI is InChI=1S/C25H23N5O3/c1-14-3-6-20-18(11-14)28-24(33-20)16-7-9-30(10-8-16)22-17-12-15(13-26)4-5-19(17)29(2)25(32)21(22)23(27)31/h3-6,11-12,16H,7-10H2,1-2H3,(H2,27,31). The number of aryl methyl sites for hydroxylation is 2. The van der Waals surface area contributed by atoms with Crippen LogP contribution in [0.15, 0.2) is 45.6 Å². The first kappa shape index (κ1) is 20.8. The van der Waals surface area contributed by atoms with Gasteiger partial charge in [-0.1, -0.05) is 6.07 Å². The summed E-state index contributed by atoms with van der Waals surface area (Å²) in [4.78, 5) is 32.1. The lowest BCUT2D eigenvalue weighted by atomic mass is 9.95. The summed E-state index contributed by atoms with van der Waals surface area (Å²) in [6, 6.07) is 13.2. The maximum absolute atomic E-state index is 13.0. The zero-order valence-electron chi connectivity index (χ0n) is 18.5. The molecule has 0 bridgehead atoms. The van der Waals surface area contributed by atoms with Crippen LogP contribution in [-0.2, 0) is 7.05 Å². The van der Waals surface area contributed by atoms with Gasteiger partial charge in [0.1, 0.15) is 11.1 Å². The van der Waals surface area contributed by atoms with Crippen molar-refractivity contribution in [1.82, 2.24) is 9.55 Å². The van der Waals surface area contributed by atoms with Crippen LogP contribution in [0.3, 0.4) is 0 Å². The number of piperidine rings is 1. The molecule has 166 valence electrons. The number of primary amides is 1. The lowest BCUT2D eigenvalue weighted by molar-refractivity contribution is 0.0999. The molecule has 0 spiro atoms. The first-order valence-electron chi connectivity index (χ1n) is 10.9. The quantitative estimate of drug-likeness (QED) is 0.521. The van der Waals surface area contributed by atoms with E-state index in [4.69, 9.17) is 15.1 Å². The molecule has 0 atom stereocenters. The summed E-state index contributed by atoms with van der Waals surface area (Å²) in [6.45, 7) is 3.22. The molecule has 4 aromatic rings. The zero-order valence-corrected chi connectivity index (χ0v) is 18.5. The Morgan fingerprint density at radius 3 is 2.67 bits per heavy atom. The molecule has 0 unspecified atom stereocenters. The number of anilines is 1. The number of hydrogen-bond acceptors (Lipinski definition) is 6. The molecule has 3 heterocycles. The van der Waals surface area contributed by atoms with Crippen LogP contribution in [0.1, 0.15) is 46.1 Å². The molecule has 1 amide bonds. The fraction of sp³-hybridized carbons (Fsp3) is 0.280. The van der Waals surface area contributed by atoms with Crippen molar-refractivity contribution in [3.05, 3.63) is 69.3 Å². The Hall–Kier alpha value is -4.12. The Morgan fingerprint density at radius 1 is 1.21 bits per heavy atom. The number of hydrogen-bond donors (Lipinski definition) is 1. The summed E-state index contributed by atoms with van der Waals surface area (Å²) in [5, 5.41) is 10.1. The van der Waals surface area contributed by atoms with Crippen LogP contribution in [0.5, 0.6) is 0 Å². The molecular weight excluding hydrogens is 418 g/mol. The van der Waals surface area contributed by atoms with E-state index < -0.39 is 11.5 Å². The third-order valence-electron chi connectivity index (χ3n) is 6.46. The maximum atomic E-state index is 13.0. The molecule has 5 rings (SSSR count). The number of rotatable bonds is 3. The molecule has 2 aromatic heterocycles. The van der Waals surface area contributed by atoms with Crippen molar-refractivity contribution in [3.63, 3.8) is 0 Å². The smallest absolute Gasteiger partial charge is 0.265 e. The van der Waals surface area contributed by atoms with Crippen molar-refractivity contribution >= 4 is 33.6 Å². The highest BCUT2D eigenvalue weighted by atomic mass is 16.3. The number of nitrogens with zero attached hydrogens (tertiary/aromatic N) is 4. The average Bonchev–Trinajstić information content (AvgIpc) is 3.24. The van der Waals surface area contributed by atoms with Gasteiger partial charge in [0, 0.05) is 31.4 Å². The number of aromatic nitrogens is 2. The largest absolute Gasteiger partial charge is 0.440 e. The molecule has 2 aromatic carbocycles. The Balaban J connectivity index is 1.54. The molecule has 0 aliphatic carbocycles. The summed E-state index contributed by atoms with van der Waals surface area (Å²) in [5.41, 5.74) is 9.53. The van der Waals surface area contributed by atoms with Gasteiger partial charge >= 0.3 is 0 Å². The molecular formula is C25H23N5O3. The second-order valence-corrected chi connectivity index (χ2v) is 8.58. The summed E-state index contributed by atoms with van der Waals surface area (Å²) in [7, 11) is 1.61. The Morgan fingerprint density at radius 2 is 1.97 bits per heavy atom. The van der Waals surface area contributed by atoms with E-state index >= 15 is 0 Å². The molecule has 8 nitrogen and oxygen atoms in total. The minimum absolute atomic E-state index is 0.0455. The van der Waals surface area contributed by atoms with Gasteiger partial charge in [-0.05, 0) is 55.7 Å². The van der Waals surface area contributed by atoms with Gasteiger partial charge < -0.3 is 19.6 Å². The minimum atomic E-state index is -0.772. The average molecular weight is 441 g/mol. The highest BCUT2D eigenvalue weighted by molar-refractivity contribution is 6.07. The van der Waals surface area contributed by atoms with E-state index in [0.29, 0.717) is 41.1 Å². The summed E-state index contributed by atoms with van der Waals surface area (Å²) < 4.78 is 7.42. The van der Waals surface area contributed by atoms with Crippen molar-refractivity contribution in [2.24, 2.45) is 12.8 Å². The van der Waals surface area contributed by atoms with Crippen molar-refractivity contribution < 1.29 is 9.21 Å². The van der Waals surface area contributed by atoms with E-state index in [9.17, 15) is 14.9 Å². The second kappa shape index (κ2) is 7.78. The van der Waals surface area contributed by atoms with Crippen LogP contribution in [0.25, 0.3) is 22.0 Å². The SMILES string of the molecule is Cc1ccc2oc(C3CCN(c4c(C(N)=O)c(=O)n(C)c5ccc(C#N)cc45)CC3)nc2c1. The molecule has 2 N–H and O–H groups in total. The molecule has 1 aliphatic heterocycles. The van der Waals surface area contributed by atoms with E-state index in [1.165, 1.54) is 4.57 Å². The number of benzene rings is 2. The van der Waals surface area contributed by atoms with Gasteiger partial charge in [-0.25, -0.2) is 4.98 Å². The molecule has 1 saturated heterocycles. The van der Waals surface area contributed by atoms with Crippen LogP contribution in [0.2, 0.25) is 0 Å². The molecule has 0 saturated carbocycles. The predicted molar refractivity (Wildman–Crippen MR) is 125 cm³/mol. The van der Waals surface area contributed by atoms with Gasteiger partial charge in [-0.2, -0.15) is 5.26 Å². The van der Waals surface area contributed by atoms with Crippen molar-refractivity contribution in [3.8, 4) is 6.07 Å². The van der Waals surface area contributed by atoms with E-state index in [1.807, 2.05) is 30.0 Å². The Labute approximate surface area is 189 Å². The van der Waals surface area contributed by atoms with Crippen molar-refractivity contribution in [2.45, 2.75) is 25.7 Å². The fourth-order valence-electron chi connectivity index (χ4n) is 4.73. The number of pyridine rings is 1. The van der Waals surface area contributed by atoms with Gasteiger partial charge in [-0.3, -0.25) is 9.59 Å². The normalized spacial score (nSPS) is 14.6. The van der Waals surface area contributed by atoms with E-state index in [-0.39, 0.29) is 11.5 Å². The summed E-state index contributed by atoms with van der Waals surface area (Å²) in [5.74, 6) is 0.0794. The van der Waals surface area contributed by atoms with Crippen molar-refractivity contribution in [2.75, 3.05) is 18.0 Å². The fourth-order valence-corrected chi connectivity index (χ4v) is 4.73. The number of oxazole rings is 1. The number of nitrogens with two attached hydrogens (primary N) is 1. The number of nitriles is 1. The summed E-state index contributed by atoms with van der Waals surface area (Å²) >= 11 is 0. The second-order valence-electron chi connectivity index (χ2n) is 8.58. The number of carbonyl (C=O) groups is 1. The van der Waals surface area contributed by atoms with Gasteiger partial charge in [0.15, 0.2) is 11.5 Å². The predicted octanol–water partition coefficient (Wildman–Crippen LogP) is 3.34. The lowest BCUT2D eigenvalue weighted by Crippen LogP contribution is -2.38. The number of fused-ring (bicyclic) bond motifs is 2. The first-order valence-corrected chi connectivity index (χ1v) is 10.9. The van der Waals surface area contributed by atoms with Crippen molar-refractivity contribution in [1.29, 1.82) is 5.26 Å². The van der Waals surface area contributed by atoms with E-state index in [0.717, 1.165) is 29.5 Å². The van der Waals surface area contributed by atoms with Crippen LogP contribution < -0.4 is 16.2 Å². The van der Waals surface area contributed by atoms with Crippen LogP contribution in [0.4, 0.5) is 5.69 Å². The molecule has 33 heavy (non-hydrogen) atoms. The number of amides is 1. The monoisotopic (exact) mass is 441 g/mol. The van der Waals surface area contributed by atoms with Crippen LogP contribution in [0, 0.1) is 18.3 Å². The number of carbonyl (C=O) groups excluding carboxylic acids is 1. The molecule has 8 heteroatoms. The topological polar surface area (TPSA) is 118 Å². The highest BCUT2D eigenvalue weighted by Crippen LogP contribution is 2.36. The molecule has 1 fully saturated rings. The highest BCUT2D eigenvalue weighted by Gasteiger charge is 2.29. The summed E-state index contributed by atoms with van der Waals surface area (Å²) in [6.07, 6.45) is 1.50. The molecule has 1 aliphatic rings. The molecule has 0 radical (unpaired) electrons. The zero-order chi connectivity index (χ0) is 23.3. The van der Waals surface area contributed by atoms with Gasteiger partial charge in [0.05, 0.1) is 22.8 Å². The third kappa shape index (κ3) is 3.42. The van der Waals surface area contributed by atoms with Gasteiger partial charge in [0.2, 0.25) is 0 Å². The first-order chi connectivity index (χ1) is 15.9. The Kier molecular flexibility index (Phi) is 4.90. The lowest BCUT2D eigenvalue weighted by Gasteiger charge is -2.34.